The second-order valence-corrected chi connectivity index (χ2v) is 6.80. The average Bonchev–Trinajstić information content (AvgIpc) is 2.31. The lowest BCUT2D eigenvalue weighted by molar-refractivity contribution is -0.153. The van der Waals surface area contributed by atoms with Crippen molar-refractivity contribution in [1.82, 2.24) is 9.80 Å². The van der Waals surface area contributed by atoms with Gasteiger partial charge in [0.05, 0.1) is 13.1 Å². The summed E-state index contributed by atoms with van der Waals surface area (Å²) >= 11 is 0. The quantitative estimate of drug-likeness (QED) is 0.713. The van der Waals surface area contributed by atoms with Gasteiger partial charge in [-0.3, -0.25) is 4.90 Å². The SMILES string of the molecule is CN1CCC2(CCC(N3CC(F)(F)C3)CC2)CC1. The molecule has 2 aliphatic heterocycles. The Morgan fingerprint density at radius 1 is 0.944 bits per heavy atom. The highest BCUT2D eigenvalue weighted by molar-refractivity contribution is 4.97. The molecule has 18 heavy (non-hydrogen) atoms. The summed E-state index contributed by atoms with van der Waals surface area (Å²) < 4.78 is 25.8. The molecule has 104 valence electrons. The van der Waals surface area contributed by atoms with Crippen LogP contribution < -0.4 is 0 Å². The van der Waals surface area contributed by atoms with E-state index in [1.54, 1.807) is 0 Å². The van der Waals surface area contributed by atoms with Gasteiger partial charge in [0.2, 0.25) is 0 Å². The molecule has 0 radical (unpaired) electrons. The standard InChI is InChI=1S/C14H24F2N2/c1-17-8-6-13(7-9-17)4-2-12(3-5-13)18-10-14(15,16)11-18/h12H,2-11H2,1H3. The predicted octanol–water partition coefficient (Wildman–Crippen LogP) is 2.59. The highest BCUT2D eigenvalue weighted by Gasteiger charge is 2.48. The molecule has 0 atom stereocenters. The Bertz CT molecular complexity index is 293. The van der Waals surface area contributed by atoms with E-state index in [-0.39, 0.29) is 13.1 Å². The monoisotopic (exact) mass is 258 g/mol. The summed E-state index contributed by atoms with van der Waals surface area (Å²) in [5.41, 5.74) is 0.552. The topological polar surface area (TPSA) is 6.48 Å². The van der Waals surface area contributed by atoms with Crippen molar-refractivity contribution in [3.05, 3.63) is 0 Å². The first-order chi connectivity index (χ1) is 8.48. The van der Waals surface area contributed by atoms with Gasteiger partial charge in [0.25, 0.3) is 5.92 Å². The second kappa shape index (κ2) is 4.41. The van der Waals surface area contributed by atoms with E-state index in [4.69, 9.17) is 0 Å². The molecule has 2 saturated heterocycles. The van der Waals surface area contributed by atoms with Gasteiger partial charge in [-0.25, -0.2) is 8.78 Å². The smallest absolute Gasteiger partial charge is 0.272 e. The van der Waals surface area contributed by atoms with E-state index in [0.29, 0.717) is 11.5 Å². The summed E-state index contributed by atoms with van der Waals surface area (Å²) in [4.78, 5) is 4.41. The van der Waals surface area contributed by atoms with Crippen LogP contribution in [-0.2, 0) is 0 Å². The van der Waals surface area contributed by atoms with Gasteiger partial charge in [-0.05, 0) is 64.1 Å². The first kappa shape index (κ1) is 12.8. The maximum atomic E-state index is 12.9. The predicted molar refractivity (Wildman–Crippen MR) is 67.9 cm³/mol. The fraction of sp³-hybridized carbons (Fsp3) is 1.00. The van der Waals surface area contributed by atoms with Crippen molar-refractivity contribution in [2.24, 2.45) is 5.41 Å². The Kier molecular flexibility index (Phi) is 3.14. The van der Waals surface area contributed by atoms with Crippen LogP contribution >= 0.6 is 0 Å². The lowest BCUT2D eigenvalue weighted by atomic mass is 9.66. The third-order valence-electron chi connectivity index (χ3n) is 5.45. The Labute approximate surface area is 108 Å². The minimum atomic E-state index is -2.40. The average molecular weight is 258 g/mol. The van der Waals surface area contributed by atoms with Crippen LogP contribution in [0.4, 0.5) is 8.78 Å². The van der Waals surface area contributed by atoms with Crippen LogP contribution in [0.5, 0.6) is 0 Å². The van der Waals surface area contributed by atoms with E-state index in [2.05, 4.69) is 11.9 Å². The number of alkyl halides is 2. The van der Waals surface area contributed by atoms with E-state index >= 15 is 0 Å². The number of nitrogens with zero attached hydrogens (tertiary/aromatic N) is 2. The molecule has 0 N–H and O–H groups in total. The van der Waals surface area contributed by atoms with Crippen molar-refractivity contribution in [2.75, 3.05) is 33.2 Å². The fourth-order valence-corrected chi connectivity index (χ4v) is 3.98. The molecular weight excluding hydrogens is 234 g/mol. The van der Waals surface area contributed by atoms with Gasteiger partial charge in [-0.2, -0.15) is 0 Å². The van der Waals surface area contributed by atoms with Crippen molar-refractivity contribution >= 4 is 0 Å². The zero-order valence-electron chi connectivity index (χ0n) is 11.3. The molecule has 4 heteroatoms. The number of hydrogen-bond donors (Lipinski definition) is 0. The van der Waals surface area contributed by atoms with E-state index in [0.717, 1.165) is 12.8 Å². The molecule has 1 saturated carbocycles. The van der Waals surface area contributed by atoms with Crippen molar-refractivity contribution in [2.45, 2.75) is 50.5 Å². The summed E-state index contributed by atoms with van der Waals surface area (Å²) in [6, 6.07) is 0.440. The van der Waals surface area contributed by atoms with Gasteiger partial charge in [0.15, 0.2) is 0 Å². The lowest BCUT2D eigenvalue weighted by Crippen LogP contribution is -2.61. The Morgan fingerprint density at radius 2 is 1.50 bits per heavy atom. The van der Waals surface area contributed by atoms with E-state index in [1.807, 2.05) is 4.90 Å². The first-order valence-corrected chi connectivity index (χ1v) is 7.29. The Morgan fingerprint density at radius 3 is 2.00 bits per heavy atom. The summed E-state index contributed by atoms with van der Waals surface area (Å²) in [6.07, 6.45) is 7.42. The zero-order chi connectivity index (χ0) is 12.8. The molecule has 1 spiro atoms. The van der Waals surface area contributed by atoms with Gasteiger partial charge >= 0.3 is 0 Å². The van der Waals surface area contributed by atoms with Gasteiger partial charge in [-0.15, -0.1) is 0 Å². The van der Waals surface area contributed by atoms with Crippen LogP contribution in [0.25, 0.3) is 0 Å². The minimum Gasteiger partial charge on any atom is -0.306 e. The molecule has 0 amide bonds. The number of likely N-dealkylation sites (tertiary alicyclic amines) is 2. The molecule has 2 heterocycles. The third-order valence-corrected chi connectivity index (χ3v) is 5.45. The number of hydrogen-bond acceptors (Lipinski definition) is 2. The molecule has 0 aromatic carbocycles. The Balaban J connectivity index is 1.49. The third kappa shape index (κ3) is 2.42. The van der Waals surface area contributed by atoms with Gasteiger partial charge in [-0.1, -0.05) is 0 Å². The molecule has 3 fully saturated rings. The van der Waals surface area contributed by atoms with Crippen LogP contribution in [0.15, 0.2) is 0 Å². The highest BCUT2D eigenvalue weighted by Crippen LogP contribution is 2.46. The highest BCUT2D eigenvalue weighted by atomic mass is 19.3. The normalized spacial score (nSPS) is 33.5. The molecule has 0 aromatic heterocycles. The molecule has 0 unspecified atom stereocenters. The lowest BCUT2D eigenvalue weighted by Gasteiger charge is -2.50. The molecule has 1 aliphatic carbocycles. The second-order valence-electron chi connectivity index (χ2n) is 6.80. The van der Waals surface area contributed by atoms with Crippen LogP contribution in [-0.4, -0.2) is 55.0 Å². The summed E-state index contributed by atoms with van der Waals surface area (Å²) in [6.45, 7) is 2.44. The van der Waals surface area contributed by atoms with Crippen LogP contribution in [0.2, 0.25) is 0 Å². The van der Waals surface area contributed by atoms with Gasteiger partial charge in [0.1, 0.15) is 0 Å². The minimum absolute atomic E-state index is 0.00735. The van der Waals surface area contributed by atoms with Gasteiger partial charge in [0, 0.05) is 6.04 Å². The number of rotatable bonds is 1. The van der Waals surface area contributed by atoms with Crippen LogP contribution in [0, 0.1) is 5.41 Å². The van der Waals surface area contributed by atoms with Crippen molar-refractivity contribution in [3.8, 4) is 0 Å². The van der Waals surface area contributed by atoms with E-state index < -0.39 is 5.92 Å². The van der Waals surface area contributed by atoms with Crippen molar-refractivity contribution < 1.29 is 8.78 Å². The fourth-order valence-electron chi connectivity index (χ4n) is 3.98. The van der Waals surface area contributed by atoms with Crippen LogP contribution in [0.3, 0.4) is 0 Å². The first-order valence-electron chi connectivity index (χ1n) is 7.29. The van der Waals surface area contributed by atoms with E-state index in [9.17, 15) is 8.78 Å². The maximum absolute atomic E-state index is 12.9. The molecule has 3 rings (SSSR count). The zero-order valence-corrected chi connectivity index (χ0v) is 11.3. The summed E-state index contributed by atoms with van der Waals surface area (Å²) in [5, 5.41) is 0. The molecular formula is C14H24F2N2. The molecule has 0 bridgehead atoms. The number of halogens is 2. The molecule has 2 nitrogen and oxygen atoms in total. The van der Waals surface area contributed by atoms with Crippen LogP contribution in [0.1, 0.15) is 38.5 Å². The molecule has 0 aromatic rings. The maximum Gasteiger partial charge on any atom is 0.272 e. The largest absolute Gasteiger partial charge is 0.306 e. The van der Waals surface area contributed by atoms with Crippen molar-refractivity contribution in [1.29, 1.82) is 0 Å². The summed E-state index contributed by atoms with van der Waals surface area (Å²) in [7, 11) is 2.20. The van der Waals surface area contributed by atoms with Gasteiger partial charge < -0.3 is 4.90 Å². The Hall–Kier alpha value is -0.220. The van der Waals surface area contributed by atoms with E-state index in [1.165, 1.54) is 38.8 Å². The summed E-state index contributed by atoms with van der Waals surface area (Å²) in [5.74, 6) is -2.40. The van der Waals surface area contributed by atoms with Crippen molar-refractivity contribution in [3.63, 3.8) is 0 Å². The molecule has 3 aliphatic rings. The number of piperidine rings is 1.